The lowest BCUT2D eigenvalue weighted by molar-refractivity contribution is -0.113. The number of hydrogen-bond acceptors (Lipinski definition) is 1. The zero-order valence-corrected chi connectivity index (χ0v) is 8.11. The van der Waals surface area contributed by atoms with Crippen molar-refractivity contribution in [2.75, 3.05) is 0 Å². The fraction of sp³-hybridized carbons (Fsp3) is 0.545. The van der Waals surface area contributed by atoms with Crippen molar-refractivity contribution in [1.82, 2.24) is 0 Å². The summed E-state index contributed by atoms with van der Waals surface area (Å²) in [5, 5.41) is 0. The third kappa shape index (κ3) is 1.66. The third-order valence-corrected chi connectivity index (χ3v) is 2.23. The number of rotatable bonds is 1. The summed E-state index contributed by atoms with van der Waals surface area (Å²) in [5.74, 6) is 0.164. The van der Waals surface area contributed by atoms with Crippen molar-refractivity contribution in [3.63, 3.8) is 0 Å². The van der Waals surface area contributed by atoms with Gasteiger partial charge in [-0.3, -0.25) is 4.79 Å². The van der Waals surface area contributed by atoms with E-state index in [1.165, 1.54) is 0 Å². The Labute approximate surface area is 74.2 Å². The Hall–Kier alpha value is -0.850. The molecule has 0 radical (unpaired) electrons. The van der Waals surface area contributed by atoms with Crippen LogP contribution in [0.15, 0.2) is 23.8 Å². The first kappa shape index (κ1) is 9.24. The number of carbonyl (C=O) groups is 1. The van der Waals surface area contributed by atoms with Crippen molar-refractivity contribution in [2.45, 2.75) is 33.6 Å². The lowest BCUT2D eigenvalue weighted by Gasteiger charge is -2.27. The van der Waals surface area contributed by atoms with Gasteiger partial charge < -0.3 is 0 Å². The van der Waals surface area contributed by atoms with E-state index in [0.717, 1.165) is 24.0 Å². The van der Waals surface area contributed by atoms with Gasteiger partial charge in [-0.15, -0.1) is 0 Å². The lowest BCUT2D eigenvalue weighted by Crippen LogP contribution is -2.21. The van der Waals surface area contributed by atoms with Crippen LogP contribution in [0.25, 0.3) is 0 Å². The van der Waals surface area contributed by atoms with Crippen molar-refractivity contribution < 1.29 is 4.79 Å². The van der Waals surface area contributed by atoms with Gasteiger partial charge in [0.05, 0.1) is 0 Å². The molecule has 0 N–H and O–H groups in total. The molecule has 0 bridgehead atoms. The average molecular weight is 164 g/mol. The summed E-state index contributed by atoms with van der Waals surface area (Å²) in [6.07, 6.45) is 3.71. The fourth-order valence-corrected chi connectivity index (χ4v) is 1.71. The van der Waals surface area contributed by atoms with E-state index in [1.807, 2.05) is 6.92 Å². The van der Waals surface area contributed by atoms with E-state index in [4.69, 9.17) is 0 Å². The molecule has 0 aromatic carbocycles. The average Bonchev–Trinajstić information content (AvgIpc) is 1.96. The summed E-state index contributed by atoms with van der Waals surface area (Å²) >= 11 is 0. The number of ketones is 1. The van der Waals surface area contributed by atoms with Crippen molar-refractivity contribution >= 4 is 5.78 Å². The Morgan fingerprint density at radius 2 is 2.17 bits per heavy atom. The van der Waals surface area contributed by atoms with Gasteiger partial charge in [-0.25, -0.2) is 0 Å². The van der Waals surface area contributed by atoms with Crippen LogP contribution in [-0.2, 0) is 4.79 Å². The van der Waals surface area contributed by atoms with Gasteiger partial charge in [0.15, 0.2) is 5.78 Å². The quantitative estimate of drug-likeness (QED) is 0.545. The number of allylic oxidation sites excluding steroid dienone is 3. The zero-order valence-electron chi connectivity index (χ0n) is 8.11. The molecule has 1 heteroatoms. The van der Waals surface area contributed by atoms with Gasteiger partial charge in [0.2, 0.25) is 0 Å². The van der Waals surface area contributed by atoms with E-state index in [2.05, 4.69) is 26.5 Å². The predicted octanol–water partition coefficient (Wildman–Crippen LogP) is 2.88. The standard InChI is InChI=1S/C11H16O/c1-5-9-7-11(3,4)6-8(2)10(9)12/h7H,2,5-6H2,1,3-4H3. The maximum Gasteiger partial charge on any atom is 0.184 e. The van der Waals surface area contributed by atoms with Crippen LogP contribution in [-0.4, -0.2) is 5.78 Å². The minimum absolute atomic E-state index is 0.121. The molecule has 0 fully saturated rings. The first-order chi connectivity index (χ1) is 5.46. The minimum atomic E-state index is 0.121. The molecule has 0 atom stereocenters. The van der Waals surface area contributed by atoms with Gasteiger partial charge in [0.1, 0.15) is 0 Å². The molecule has 1 aliphatic rings. The summed E-state index contributed by atoms with van der Waals surface area (Å²) in [5.41, 5.74) is 1.81. The Kier molecular flexibility index (Phi) is 2.22. The highest BCUT2D eigenvalue weighted by Gasteiger charge is 2.27. The molecule has 0 heterocycles. The number of carbonyl (C=O) groups excluding carboxylic acids is 1. The highest BCUT2D eigenvalue weighted by Crippen LogP contribution is 2.34. The van der Waals surface area contributed by atoms with Crippen molar-refractivity contribution in [3.8, 4) is 0 Å². The summed E-state index contributed by atoms with van der Waals surface area (Å²) in [7, 11) is 0. The van der Waals surface area contributed by atoms with E-state index in [0.29, 0.717) is 0 Å². The van der Waals surface area contributed by atoms with Gasteiger partial charge in [-0.2, -0.15) is 0 Å². The maximum atomic E-state index is 11.5. The molecule has 1 nitrogen and oxygen atoms in total. The second kappa shape index (κ2) is 2.89. The smallest absolute Gasteiger partial charge is 0.184 e. The van der Waals surface area contributed by atoms with Crippen LogP contribution in [0.1, 0.15) is 33.6 Å². The summed E-state index contributed by atoms with van der Waals surface area (Å²) in [6.45, 7) is 10.1. The second-order valence-corrected chi connectivity index (χ2v) is 4.12. The second-order valence-electron chi connectivity index (χ2n) is 4.12. The van der Waals surface area contributed by atoms with Crippen LogP contribution >= 0.6 is 0 Å². The van der Waals surface area contributed by atoms with E-state index in [9.17, 15) is 4.79 Å². The highest BCUT2D eigenvalue weighted by molar-refractivity contribution is 6.08. The molecule has 1 rings (SSSR count). The largest absolute Gasteiger partial charge is 0.289 e. The minimum Gasteiger partial charge on any atom is -0.289 e. The van der Waals surface area contributed by atoms with Crippen LogP contribution in [0, 0.1) is 5.41 Å². The summed E-state index contributed by atoms with van der Waals surface area (Å²) < 4.78 is 0. The lowest BCUT2D eigenvalue weighted by atomic mass is 9.76. The first-order valence-electron chi connectivity index (χ1n) is 4.40. The molecule has 0 spiro atoms. The molecule has 66 valence electrons. The molecule has 1 aliphatic carbocycles. The van der Waals surface area contributed by atoms with Crippen LogP contribution < -0.4 is 0 Å². The van der Waals surface area contributed by atoms with E-state index in [1.54, 1.807) is 0 Å². The molecule has 0 aromatic heterocycles. The molecule has 12 heavy (non-hydrogen) atoms. The Morgan fingerprint density at radius 1 is 1.58 bits per heavy atom. The van der Waals surface area contributed by atoms with Gasteiger partial charge in [-0.1, -0.05) is 33.4 Å². The SMILES string of the molecule is C=C1CC(C)(C)C=C(CC)C1=O. The maximum absolute atomic E-state index is 11.5. The topological polar surface area (TPSA) is 17.1 Å². The Balaban J connectivity index is 3.04. The van der Waals surface area contributed by atoms with Gasteiger partial charge >= 0.3 is 0 Å². The zero-order chi connectivity index (χ0) is 9.35. The van der Waals surface area contributed by atoms with Crippen LogP contribution in [0.4, 0.5) is 0 Å². The van der Waals surface area contributed by atoms with Crippen LogP contribution in [0.2, 0.25) is 0 Å². The molecule has 0 saturated heterocycles. The molecule has 0 amide bonds. The summed E-state index contributed by atoms with van der Waals surface area (Å²) in [6, 6.07) is 0. The molecule has 0 saturated carbocycles. The third-order valence-electron chi connectivity index (χ3n) is 2.23. The van der Waals surface area contributed by atoms with Gasteiger partial charge in [-0.05, 0) is 29.4 Å². The van der Waals surface area contributed by atoms with E-state index < -0.39 is 0 Å². The molecule has 0 unspecified atom stereocenters. The summed E-state index contributed by atoms with van der Waals surface area (Å²) in [4.78, 5) is 11.5. The monoisotopic (exact) mass is 164 g/mol. The van der Waals surface area contributed by atoms with Crippen LogP contribution in [0.5, 0.6) is 0 Å². The van der Waals surface area contributed by atoms with E-state index >= 15 is 0 Å². The van der Waals surface area contributed by atoms with Crippen LogP contribution in [0.3, 0.4) is 0 Å². The van der Waals surface area contributed by atoms with E-state index in [-0.39, 0.29) is 11.2 Å². The molecular formula is C11H16O. The van der Waals surface area contributed by atoms with Gasteiger partial charge in [0, 0.05) is 0 Å². The van der Waals surface area contributed by atoms with Crippen molar-refractivity contribution in [3.05, 3.63) is 23.8 Å². The molecular weight excluding hydrogens is 148 g/mol. The number of hydrogen-bond donors (Lipinski definition) is 0. The molecule has 0 aromatic rings. The predicted molar refractivity (Wildman–Crippen MR) is 50.9 cm³/mol. The molecule has 0 aliphatic heterocycles. The van der Waals surface area contributed by atoms with Crippen molar-refractivity contribution in [2.24, 2.45) is 5.41 Å². The normalized spacial score (nSPS) is 22.4. The van der Waals surface area contributed by atoms with Crippen molar-refractivity contribution in [1.29, 1.82) is 0 Å². The Bertz CT molecular complexity index is 256. The van der Waals surface area contributed by atoms with Gasteiger partial charge in [0.25, 0.3) is 0 Å². The fourth-order valence-electron chi connectivity index (χ4n) is 1.71. The Morgan fingerprint density at radius 3 is 2.67 bits per heavy atom. The first-order valence-corrected chi connectivity index (χ1v) is 4.40. The highest BCUT2D eigenvalue weighted by atomic mass is 16.1. The number of Topliss-reactive ketones (excluding diaryl/α,β-unsaturated/α-hetero) is 1.